The van der Waals surface area contributed by atoms with Gasteiger partial charge in [0.05, 0.1) is 49.5 Å². The van der Waals surface area contributed by atoms with E-state index < -0.39 is 0 Å². The minimum Gasteiger partial charge on any atom is -0.494 e. The Balaban J connectivity index is 1.10. The number of benzene rings is 1. The maximum Gasteiger partial charge on any atom is 0.247 e. The second kappa shape index (κ2) is 13.0. The first-order valence-corrected chi connectivity index (χ1v) is 15.8. The third-order valence-electron chi connectivity index (χ3n) is 9.33. The van der Waals surface area contributed by atoms with E-state index >= 15 is 0 Å². The molecule has 2 aromatic heterocycles. The lowest BCUT2D eigenvalue weighted by molar-refractivity contribution is -0.111. The van der Waals surface area contributed by atoms with Gasteiger partial charge in [-0.25, -0.2) is 15.0 Å². The number of amides is 1. The molecular formula is C33H40N8O4. The molecule has 7 rings (SSSR count). The van der Waals surface area contributed by atoms with Crippen LogP contribution < -0.4 is 25.3 Å². The molecule has 0 unspecified atom stereocenters. The number of carbonyl (C=O) groups is 1. The first kappa shape index (κ1) is 29.5. The highest BCUT2D eigenvalue weighted by molar-refractivity contribution is 6.02. The number of hydrogen-bond acceptors (Lipinski definition) is 11. The summed E-state index contributed by atoms with van der Waals surface area (Å²) in [6.45, 7) is 7.95. The summed E-state index contributed by atoms with van der Waals surface area (Å²) in [5.41, 5.74) is 3.42. The molecule has 0 radical (unpaired) electrons. The molecule has 12 heteroatoms. The number of ether oxygens (including phenoxy) is 2. The summed E-state index contributed by atoms with van der Waals surface area (Å²) in [6.07, 6.45) is 11.8. The Labute approximate surface area is 263 Å². The molecule has 236 valence electrons. The van der Waals surface area contributed by atoms with Gasteiger partial charge in [-0.15, -0.1) is 0 Å². The third kappa shape index (κ3) is 6.31. The van der Waals surface area contributed by atoms with E-state index in [2.05, 4.69) is 48.0 Å². The van der Waals surface area contributed by atoms with E-state index in [1.807, 2.05) is 35.5 Å². The molecule has 2 N–H and O–H groups in total. The van der Waals surface area contributed by atoms with Crippen molar-refractivity contribution in [3.8, 4) is 5.75 Å². The van der Waals surface area contributed by atoms with Crippen LogP contribution in [0.4, 0.5) is 28.7 Å². The summed E-state index contributed by atoms with van der Waals surface area (Å²) >= 11 is 0. The van der Waals surface area contributed by atoms with E-state index in [9.17, 15) is 4.79 Å². The van der Waals surface area contributed by atoms with Gasteiger partial charge in [-0.05, 0) is 55.9 Å². The topological polar surface area (TPSA) is 117 Å². The van der Waals surface area contributed by atoms with Crippen molar-refractivity contribution < 1.29 is 19.1 Å². The number of morpholine rings is 1. The standard InChI is InChI=1S/C33H40N8O4/c1-3-33(42)38-27-15-28(30(43-2)16-29(27)39-10-6-23(7-11-39)40-19-26-14-25(40)20-44-26)37-31-17-32(36-21-35-31)41-24(8-12-45-41)13-22-5-4-9-34-18-22/h3-5,9,15-18,21,23-26H,1,6-8,10-14,19-20H2,2H3,(H,38,42)(H,35,36,37)/t24-,25-,26-/m0/s1. The monoisotopic (exact) mass is 612 g/mol. The van der Waals surface area contributed by atoms with Crippen LogP contribution in [0.5, 0.6) is 5.75 Å². The van der Waals surface area contributed by atoms with Crippen LogP contribution in [-0.4, -0.2) is 89.9 Å². The van der Waals surface area contributed by atoms with Gasteiger partial charge in [-0.2, -0.15) is 0 Å². The molecule has 45 heavy (non-hydrogen) atoms. The number of anilines is 5. The number of pyridine rings is 1. The number of likely N-dealkylation sites (tertiary alicyclic amines) is 1. The van der Waals surface area contributed by atoms with Gasteiger partial charge in [0.25, 0.3) is 0 Å². The molecule has 4 fully saturated rings. The average Bonchev–Trinajstić information content (AvgIpc) is 3.84. The molecule has 4 aliphatic rings. The molecule has 0 aliphatic carbocycles. The van der Waals surface area contributed by atoms with Crippen LogP contribution in [0, 0.1) is 0 Å². The maximum atomic E-state index is 12.5. The normalized spacial score (nSPS) is 23.4. The minimum absolute atomic E-state index is 0.129. The van der Waals surface area contributed by atoms with Crippen molar-refractivity contribution in [2.75, 3.05) is 60.6 Å². The molecule has 6 heterocycles. The van der Waals surface area contributed by atoms with Crippen molar-refractivity contribution in [1.82, 2.24) is 19.9 Å². The summed E-state index contributed by atoms with van der Waals surface area (Å²) < 4.78 is 11.7. The van der Waals surface area contributed by atoms with E-state index in [1.165, 1.54) is 12.4 Å². The number of fused-ring (bicyclic) bond motifs is 2. The van der Waals surface area contributed by atoms with Gasteiger partial charge >= 0.3 is 0 Å². The molecule has 2 bridgehead atoms. The summed E-state index contributed by atoms with van der Waals surface area (Å²) in [4.78, 5) is 36.7. The Morgan fingerprint density at radius 3 is 2.78 bits per heavy atom. The zero-order valence-electron chi connectivity index (χ0n) is 25.6. The summed E-state index contributed by atoms with van der Waals surface area (Å²) in [5, 5.41) is 8.27. The van der Waals surface area contributed by atoms with Crippen molar-refractivity contribution in [3.05, 3.63) is 67.3 Å². The smallest absolute Gasteiger partial charge is 0.247 e. The number of carbonyl (C=O) groups excluding carboxylic acids is 1. The van der Waals surface area contributed by atoms with Gasteiger partial charge in [0.2, 0.25) is 5.91 Å². The number of methoxy groups -OCH3 is 1. The number of hydroxylamine groups is 1. The molecule has 0 saturated carbocycles. The Morgan fingerprint density at radius 2 is 2.04 bits per heavy atom. The Morgan fingerprint density at radius 1 is 1.16 bits per heavy atom. The lowest BCUT2D eigenvalue weighted by Gasteiger charge is -2.41. The van der Waals surface area contributed by atoms with E-state index in [0.29, 0.717) is 53.6 Å². The van der Waals surface area contributed by atoms with Crippen LogP contribution >= 0.6 is 0 Å². The quantitative estimate of drug-likeness (QED) is 0.324. The summed E-state index contributed by atoms with van der Waals surface area (Å²) in [6, 6.07) is 11.0. The van der Waals surface area contributed by atoms with E-state index in [0.717, 1.165) is 69.6 Å². The van der Waals surface area contributed by atoms with Crippen molar-refractivity contribution >= 4 is 34.6 Å². The molecule has 1 aromatic carbocycles. The molecule has 3 aromatic rings. The average molecular weight is 613 g/mol. The Bertz CT molecular complexity index is 1520. The molecule has 4 aliphatic heterocycles. The molecular weight excluding hydrogens is 572 g/mol. The fourth-order valence-corrected chi connectivity index (χ4v) is 7.11. The van der Waals surface area contributed by atoms with Gasteiger partial charge in [0.1, 0.15) is 17.9 Å². The van der Waals surface area contributed by atoms with Crippen LogP contribution in [0.2, 0.25) is 0 Å². The summed E-state index contributed by atoms with van der Waals surface area (Å²) in [7, 11) is 1.65. The highest BCUT2D eigenvalue weighted by atomic mass is 16.7. The van der Waals surface area contributed by atoms with Crippen LogP contribution in [0.15, 0.2) is 61.7 Å². The largest absolute Gasteiger partial charge is 0.494 e. The van der Waals surface area contributed by atoms with Crippen LogP contribution in [-0.2, 0) is 20.8 Å². The maximum absolute atomic E-state index is 12.5. The molecule has 12 nitrogen and oxygen atoms in total. The van der Waals surface area contributed by atoms with Gasteiger partial charge in [-0.1, -0.05) is 12.6 Å². The molecule has 1 amide bonds. The van der Waals surface area contributed by atoms with Crippen molar-refractivity contribution in [3.63, 3.8) is 0 Å². The molecule has 4 saturated heterocycles. The number of nitrogens with zero attached hydrogens (tertiary/aromatic N) is 6. The fraction of sp³-hybridized carbons (Fsp3) is 0.455. The SMILES string of the molecule is C=CC(=O)Nc1cc(Nc2cc(N3OCC[C@H]3Cc3cccnc3)ncn2)c(OC)cc1N1CCC(N2C[C@@H]3C[C@H]2CO3)CC1. The first-order chi connectivity index (χ1) is 22.1. The summed E-state index contributed by atoms with van der Waals surface area (Å²) in [5.74, 6) is 1.61. The lowest BCUT2D eigenvalue weighted by Crippen LogP contribution is -2.49. The van der Waals surface area contributed by atoms with Gasteiger partial charge < -0.3 is 25.0 Å². The highest BCUT2D eigenvalue weighted by Crippen LogP contribution is 2.41. The van der Waals surface area contributed by atoms with Crippen molar-refractivity contribution in [2.24, 2.45) is 0 Å². The zero-order chi connectivity index (χ0) is 30.8. The van der Waals surface area contributed by atoms with Gasteiger partial charge in [-0.3, -0.25) is 19.5 Å². The predicted octanol–water partition coefficient (Wildman–Crippen LogP) is 3.94. The molecule has 3 atom stereocenters. The van der Waals surface area contributed by atoms with Crippen LogP contribution in [0.25, 0.3) is 0 Å². The van der Waals surface area contributed by atoms with Crippen LogP contribution in [0.1, 0.15) is 31.2 Å². The third-order valence-corrected chi connectivity index (χ3v) is 9.33. The number of nitrogens with one attached hydrogen (secondary N) is 2. The minimum atomic E-state index is -0.273. The molecule has 0 spiro atoms. The van der Waals surface area contributed by atoms with E-state index in [4.69, 9.17) is 14.3 Å². The van der Waals surface area contributed by atoms with Crippen molar-refractivity contribution in [1.29, 1.82) is 0 Å². The Hall–Kier alpha value is -4.26. The van der Waals surface area contributed by atoms with E-state index in [1.54, 1.807) is 13.3 Å². The second-order valence-corrected chi connectivity index (χ2v) is 12.1. The van der Waals surface area contributed by atoms with Crippen LogP contribution in [0.3, 0.4) is 0 Å². The van der Waals surface area contributed by atoms with Gasteiger partial charge in [0.15, 0.2) is 5.82 Å². The first-order valence-electron chi connectivity index (χ1n) is 15.8. The lowest BCUT2D eigenvalue weighted by atomic mass is 10.0. The number of rotatable bonds is 10. The number of piperidine rings is 1. The van der Waals surface area contributed by atoms with Gasteiger partial charge in [0, 0.05) is 56.2 Å². The highest BCUT2D eigenvalue weighted by Gasteiger charge is 2.42. The van der Waals surface area contributed by atoms with Crippen molar-refractivity contribution in [2.45, 2.75) is 56.3 Å². The zero-order valence-corrected chi connectivity index (χ0v) is 25.6. The van der Waals surface area contributed by atoms with E-state index in [-0.39, 0.29) is 11.9 Å². The Kier molecular flexibility index (Phi) is 8.51. The number of hydrogen-bond donors (Lipinski definition) is 2. The fourth-order valence-electron chi connectivity index (χ4n) is 7.11. The second-order valence-electron chi connectivity index (χ2n) is 12.1. The predicted molar refractivity (Wildman–Crippen MR) is 172 cm³/mol. The number of aromatic nitrogens is 3.